The Kier molecular flexibility index (Phi) is 5.37. The first-order valence-electron chi connectivity index (χ1n) is 8.49. The lowest BCUT2D eigenvalue weighted by Crippen LogP contribution is -2.12. The highest BCUT2D eigenvalue weighted by atomic mass is 16.5. The fourth-order valence-electron chi connectivity index (χ4n) is 2.68. The quantitative estimate of drug-likeness (QED) is 0.679. The van der Waals surface area contributed by atoms with Crippen LogP contribution in [0.15, 0.2) is 59.1 Å². The molecule has 134 valence electrons. The predicted octanol–water partition coefficient (Wildman–Crippen LogP) is 4.49. The van der Waals surface area contributed by atoms with E-state index in [0.717, 1.165) is 22.4 Å². The smallest absolute Gasteiger partial charge is 0.306 e. The predicted molar refractivity (Wildman–Crippen MR) is 98.0 cm³/mol. The molecule has 2 aromatic carbocycles. The van der Waals surface area contributed by atoms with E-state index >= 15 is 0 Å². The van der Waals surface area contributed by atoms with Gasteiger partial charge in [0.15, 0.2) is 5.76 Å². The molecule has 0 aliphatic rings. The largest absolute Gasteiger partial charge is 0.486 e. The maximum Gasteiger partial charge on any atom is 0.306 e. The van der Waals surface area contributed by atoms with Gasteiger partial charge in [0.1, 0.15) is 18.1 Å². The molecule has 1 N–H and O–H groups in total. The summed E-state index contributed by atoms with van der Waals surface area (Å²) in [6, 6.07) is 17.4. The summed E-state index contributed by atoms with van der Waals surface area (Å²) in [5.74, 6) is 0.160. The van der Waals surface area contributed by atoms with Gasteiger partial charge in [-0.25, -0.2) is 0 Å². The molecule has 1 unspecified atom stereocenters. The highest BCUT2D eigenvalue weighted by Gasteiger charge is 2.13. The van der Waals surface area contributed by atoms with Crippen molar-refractivity contribution in [2.45, 2.75) is 26.9 Å². The number of hydrogen-bond acceptors (Lipinski definition) is 4. The Bertz CT molecular complexity index is 886. The number of ether oxygens (including phenoxy) is 1. The number of aliphatic carboxylic acids is 1. The van der Waals surface area contributed by atoms with Crippen LogP contribution in [-0.4, -0.2) is 16.2 Å². The highest BCUT2D eigenvalue weighted by Crippen LogP contribution is 2.23. The van der Waals surface area contributed by atoms with E-state index in [1.54, 1.807) is 6.92 Å². The third kappa shape index (κ3) is 4.30. The van der Waals surface area contributed by atoms with Crippen LogP contribution in [0.2, 0.25) is 0 Å². The molecule has 0 aliphatic heterocycles. The van der Waals surface area contributed by atoms with Crippen LogP contribution in [0.5, 0.6) is 5.75 Å². The minimum absolute atomic E-state index is 0.282. The third-order valence-corrected chi connectivity index (χ3v) is 4.27. The molecule has 0 saturated carbocycles. The lowest BCUT2D eigenvalue weighted by molar-refractivity contribution is -0.141. The second kappa shape index (κ2) is 7.87. The molecular weight excluding hydrogens is 330 g/mol. The van der Waals surface area contributed by atoms with E-state index in [1.807, 2.05) is 61.5 Å². The van der Waals surface area contributed by atoms with Gasteiger partial charge in [0.05, 0.1) is 5.92 Å². The lowest BCUT2D eigenvalue weighted by atomic mass is 9.97. The van der Waals surface area contributed by atoms with Gasteiger partial charge in [0.2, 0.25) is 0 Å². The number of rotatable bonds is 7. The molecule has 1 atom stereocenters. The minimum atomic E-state index is -0.788. The zero-order chi connectivity index (χ0) is 18.5. The van der Waals surface area contributed by atoms with Gasteiger partial charge in [0.25, 0.3) is 0 Å². The molecule has 5 heteroatoms. The van der Waals surface area contributed by atoms with Crippen molar-refractivity contribution < 1.29 is 19.2 Å². The van der Waals surface area contributed by atoms with E-state index in [2.05, 4.69) is 5.16 Å². The Balaban J connectivity index is 1.62. The summed E-state index contributed by atoms with van der Waals surface area (Å²) >= 11 is 0. The van der Waals surface area contributed by atoms with Crippen molar-refractivity contribution >= 4 is 5.97 Å². The number of nitrogens with zero attached hydrogens (tertiary/aromatic N) is 1. The van der Waals surface area contributed by atoms with E-state index in [0.29, 0.717) is 17.9 Å². The molecule has 0 spiro atoms. The fraction of sp³-hybridized carbons (Fsp3) is 0.238. The number of carbonyl (C=O) groups is 1. The number of carboxylic acids is 1. The van der Waals surface area contributed by atoms with Crippen molar-refractivity contribution in [3.05, 3.63) is 71.5 Å². The van der Waals surface area contributed by atoms with Crippen LogP contribution >= 0.6 is 0 Å². The first-order valence-corrected chi connectivity index (χ1v) is 8.49. The second-order valence-electron chi connectivity index (χ2n) is 6.36. The summed E-state index contributed by atoms with van der Waals surface area (Å²) in [4.78, 5) is 11.0. The average molecular weight is 351 g/mol. The van der Waals surface area contributed by atoms with Crippen molar-refractivity contribution in [3.8, 4) is 17.0 Å². The van der Waals surface area contributed by atoms with Crippen molar-refractivity contribution in [1.82, 2.24) is 5.16 Å². The molecule has 3 aromatic rings. The van der Waals surface area contributed by atoms with Crippen LogP contribution in [0.4, 0.5) is 0 Å². The summed E-state index contributed by atoms with van der Waals surface area (Å²) in [5.41, 5.74) is 3.80. The monoisotopic (exact) mass is 351 g/mol. The number of aromatic nitrogens is 1. The van der Waals surface area contributed by atoms with Crippen LogP contribution in [-0.2, 0) is 17.8 Å². The van der Waals surface area contributed by atoms with Crippen molar-refractivity contribution in [2.24, 2.45) is 5.92 Å². The van der Waals surface area contributed by atoms with Crippen molar-refractivity contribution in [2.75, 3.05) is 0 Å². The van der Waals surface area contributed by atoms with Gasteiger partial charge in [-0.15, -0.1) is 0 Å². The van der Waals surface area contributed by atoms with E-state index < -0.39 is 11.9 Å². The lowest BCUT2D eigenvalue weighted by Gasteiger charge is -2.11. The average Bonchev–Trinajstić information content (AvgIpc) is 3.11. The van der Waals surface area contributed by atoms with Crippen LogP contribution < -0.4 is 4.74 Å². The zero-order valence-corrected chi connectivity index (χ0v) is 14.8. The molecule has 3 rings (SSSR count). The molecular formula is C21H21NO4. The van der Waals surface area contributed by atoms with Crippen LogP contribution in [0.25, 0.3) is 11.3 Å². The Labute approximate surface area is 152 Å². The molecule has 0 bridgehead atoms. The highest BCUT2D eigenvalue weighted by molar-refractivity contribution is 5.70. The first kappa shape index (κ1) is 17.7. The van der Waals surface area contributed by atoms with Gasteiger partial charge < -0.3 is 14.4 Å². The van der Waals surface area contributed by atoms with Crippen molar-refractivity contribution in [1.29, 1.82) is 0 Å². The molecule has 5 nitrogen and oxygen atoms in total. The fourth-order valence-corrected chi connectivity index (χ4v) is 2.68. The summed E-state index contributed by atoms with van der Waals surface area (Å²) < 4.78 is 11.1. The summed E-state index contributed by atoms with van der Waals surface area (Å²) in [5, 5.41) is 13.1. The summed E-state index contributed by atoms with van der Waals surface area (Å²) in [6.45, 7) is 3.95. The maximum atomic E-state index is 11.0. The topological polar surface area (TPSA) is 72.6 Å². The molecule has 1 aromatic heterocycles. The molecule has 26 heavy (non-hydrogen) atoms. The van der Waals surface area contributed by atoms with Gasteiger partial charge in [-0.3, -0.25) is 4.79 Å². The zero-order valence-electron chi connectivity index (χ0n) is 14.8. The Morgan fingerprint density at radius 2 is 1.96 bits per heavy atom. The van der Waals surface area contributed by atoms with Crippen LogP contribution in [0, 0.1) is 12.8 Å². The van der Waals surface area contributed by atoms with E-state index in [1.165, 1.54) is 0 Å². The third-order valence-electron chi connectivity index (χ3n) is 4.27. The maximum absolute atomic E-state index is 11.0. The number of carboxylic acid groups (broad SMARTS) is 1. The van der Waals surface area contributed by atoms with Gasteiger partial charge in [-0.2, -0.15) is 0 Å². The standard InChI is InChI=1S/C21H21NO4/c1-14-11-18(9-8-17(14)10-15(2)21(23)24)25-13-19-12-20(22-26-19)16-6-4-3-5-7-16/h3-9,11-12,15H,10,13H2,1-2H3,(H,23,24). The van der Waals surface area contributed by atoms with E-state index in [9.17, 15) is 4.79 Å². The Morgan fingerprint density at radius 1 is 1.19 bits per heavy atom. The molecule has 0 aliphatic carbocycles. The molecule has 0 radical (unpaired) electrons. The van der Waals surface area contributed by atoms with E-state index in [4.69, 9.17) is 14.4 Å². The number of hydrogen-bond donors (Lipinski definition) is 1. The van der Waals surface area contributed by atoms with Gasteiger partial charge >= 0.3 is 5.97 Å². The molecule has 0 fully saturated rings. The van der Waals surface area contributed by atoms with Crippen LogP contribution in [0.3, 0.4) is 0 Å². The first-order chi connectivity index (χ1) is 12.5. The molecule has 0 amide bonds. The summed E-state index contributed by atoms with van der Waals surface area (Å²) in [6.07, 6.45) is 0.504. The van der Waals surface area contributed by atoms with Crippen molar-refractivity contribution in [3.63, 3.8) is 0 Å². The van der Waals surface area contributed by atoms with E-state index in [-0.39, 0.29) is 6.61 Å². The Morgan fingerprint density at radius 3 is 2.65 bits per heavy atom. The Hall–Kier alpha value is -3.08. The molecule has 1 heterocycles. The van der Waals surface area contributed by atoms with Gasteiger partial charge in [-0.05, 0) is 36.6 Å². The van der Waals surface area contributed by atoms with Gasteiger partial charge in [-0.1, -0.05) is 48.5 Å². The summed E-state index contributed by atoms with van der Waals surface area (Å²) in [7, 11) is 0. The number of aryl methyl sites for hydroxylation is 1. The number of benzene rings is 2. The van der Waals surface area contributed by atoms with Crippen LogP contribution in [0.1, 0.15) is 23.8 Å². The SMILES string of the molecule is Cc1cc(OCc2cc(-c3ccccc3)no2)ccc1CC(C)C(=O)O. The molecule has 0 saturated heterocycles. The minimum Gasteiger partial charge on any atom is -0.486 e. The second-order valence-corrected chi connectivity index (χ2v) is 6.36. The normalized spacial score (nSPS) is 11.9. The van der Waals surface area contributed by atoms with Gasteiger partial charge in [0, 0.05) is 11.6 Å².